The zero-order chi connectivity index (χ0) is 16.0. The molecule has 0 aliphatic heterocycles. The van der Waals surface area contributed by atoms with Crippen molar-refractivity contribution in [2.45, 2.75) is 13.8 Å². The van der Waals surface area contributed by atoms with E-state index in [0.29, 0.717) is 0 Å². The summed E-state index contributed by atoms with van der Waals surface area (Å²) in [7, 11) is 0. The van der Waals surface area contributed by atoms with E-state index in [1.165, 1.54) is 10.4 Å². The number of hydrogen-bond acceptors (Lipinski definition) is 5. The smallest absolute Gasteiger partial charge is 0.225 e. The predicted octanol–water partition coefficient (Wildman–Crippen LogP) is 5.25. The maximum absolute atomic E-state index is 6.10. The Morgan fingerprint density at radius 1 is 1.09 bits per heavy atom. The topological polar surface area (TPSA) is 50.7 Å². The molecule has 3 heterocycles. The van der Waals surface area contributed by atoms with Crippen molar-refractivity contribution in [2.24, 2.45) is 0 Å². The first-order valence-corrected chi connectivity index (χ1v) is 8.37. The molecule has 4 aromatic rings. The number of anilines is 2. The molecule has 23 heavy (non-hydrogen) atoms. The van der Waals surface area contributed by atoms with Crippen LogP contribution in [-0.2, 0) is 0 Å². The molecule has 4 nitrogen and oxygen atoms in total. The number of hydrogen-bond donors (Lipinski definition) is 1. The van der Waals surface area contributed by atoms with Crippen molar-refractivity contribution in [1.29, 1.82) is 0 Å². The fraction of sp³-hybridized carbons (Fsp3) is 0.118. The van der Waals surface area contributed by atoms with Gasteiger partial charge in [-0.2, -0.15) is 4.98 Å². The third kappa shape index (κ3) is 2.42. The summed E-state index contributed by atoms with van der Waals surface area (Å²) in [6, 6.07) is 9.99. The Balaban J connectivity index is 1.93. The Bertz CT molecular complexity index is 1040. The summed E-state index contributed by atoms with van der Waals surface area (Å²) in [4.78, 5) is 15.3. The van der Waals surface area contributed by atoms with Crippen molar-refractivity contribution in [3.05, 3.63) is 52.3 Å². The van der Waals surface area contributed by atoms with Gasteiger partial charge >= 0.3 is 0 Å². The molecule has 114 valence electrons. The van der Waals surface area contributed by atoms with Crippen molar-refractivity contribution in [3.63, 3.8) is 0 Å². The van der Waals surface area contributed by atoms with Gasteiger partial charge < -0.3 is 5.32 Å². The standard InChI is InChI=1S/C17H13ClN4S/c1-9-10(2)23-16-13(9)15(21-17(18)22-16)20-12-7-3-5-11-6-4-8-19-14(11)12/h3-8H,1-2H3,(H,20,21,22). The van der Waals surface area contributed by atoms with Crippen molar-refractivity contribution in [3.8, 4) is 0 Å². The van der Waals surface area contributed by atoms with E-state index in [9.17, 15) is 0 Å². The van der Waals surface area contributed by atoms with E-state index in [-0.39, 0.29) is 5.28 Å². The van der Waals surface area contributed by atoms with Gasteiger partial charge in [0.25, 0.3) is 0 Å². The monoisotopic (exact) mass is 340 g/mol. The summed E-state index contributed by atoms with van der Waals surface area (Å²) in [5, 5.41) is 5.73. The highest BCUT2D eigenvalue weighted by atomic mass is 35.5. The Kier molecular flexibility index (Phi) is 3.39. The first-order chi connectivity index (χ1) is 11.1. The van der Waals surface area contributed by atoms with E-state index < -0.39 is 0 Å². The predicted molar refractivity (Wildman–Crippen MR) is 96.9 cm³/mol. The molecule has 0 saturated heterocycles. The van der Waals surface area contributed by atoms with Crippen molar-refractivity contribution in [1.82, 2.24) is 15.0 Å². The fourth-order valence-electron chi connectivity index (χ4n) is 2.65. The maximum Gasteiger partial charge on any atom is 0.225 e. The molecule has 0 spiro atoms. The molecule has 0 atom stereocenters. The second-order valence-electron chi connectivity index (χ2n) is 5.31. The average molecular weight is 341 g/mol. The van der Waals surface area contributed by atoms with Crippen molar-refractivity contribution >= 4 is 55.6 Å². The molecule has 0 bridgehead atoms. The minimum Gasteiger partial charge on any atom is -0.338 e. The van der Waals surface area contributed by atoms with Gasteiger partial charge in [0, 0.05) is 16.5 Å². The summed E-state index contributed by atoms with van der Waals surface area (Å²) >= 11 is 7.73. The van der Waals surface area contributed by atoms with Crippen LogP contribution in [0.25, 0.3) is 21.1 Å². The van der Waals surface area contributed by atoms with Crippen LogP contribution in [0.15, 0.2) is 36.5 Å². The Morgan fingerprint density at radius 2 is 1.91 bits per heavy atom. The summed E-state index contributed by atoms with van der Waals surface area (Å²) in [5.41, 5.74) is 2.99. The zero-order valence-corrected chi connectivity index (χ0v) is 14.2. The first-order valence-electron chi connectivity index (χ1n) is 7.17. The quantitative estimate of drug-likeness (QED) is 0.506. The molecule has 0 aliphatic rings. The second-order valence-corrected chi connectivity index (χ2v) is 6.85. The van der Waals surface area contributed by atoms with Crippen molar-refractivity contribution < 1.29 is 0 Å². The van der Waals surface area contributed by atoms with Crippen LogP contribution < -0.4 is 5.32 Å². The first kappa shape index (κ1) is 14.4. The summed E-state index contributed by atoms with van der Waals surface area (Å²) < 4.78 is 0. The lowest BCUT2D eigenvalue weighted by Crippen LogP contribution is -1.98. The number of aromatic nitrogens is 3. The lowest BCUT2D eigenvalue weighted by Gasteiger charge is -2.10. The van der Waals surface area contributed by atoms with Crippen LogP contribution in [0.5, 0.6) is 0 Å². The second kappa shape index (κ2) is 5.44. The number of para-hydroxylation sites is 1. The molecule has 3 aromatic heterocycles. The molecule has 1 aromatic carbocycles. The van der Waals surface area contributed by atoms with Gasteiger partial charge in [-0.1, -0.05) is 18.2 Å². The highest BCUT2D eigenvalue weighted by molar-refractivity contribution is 7.18. The highest BCUT2D eigenvalue weighted by Crippen LogP contribution is 2.36. The van der Waals surface area contributed by atoms with Gasteiger partial charge in [0.1, 0.15) is 10.6 Å². The molecule has 1 N–H and O–H groups in total. The molecule has 0 aliphatic carbocycles. The van der Waals surface area contributed by atoms with Gasteiger partial charge in [-0.3, -0.25) is 4.98 Å². The molecule has 0 saturated carbocycles. The van der Waals surface area contributed by atoms with Crippen LogP contribution >= 0.6 is 22.9 Å². The molecular weight excluding hydrogens is 328 g/mol. The SMILES string of the molecule is Cc1sc2nc(Cl)nc(Nc3cccc4cccnc34)c2c1C. The largest absolute Gasteiger partial charge is 0.338 e. The molecule has 4 rings (SSSR count). The number of pyridine rings is 1. The van der Waals surface area contributed by atoms with Gasteiger partial charge in [-0.15, -0.1) is 11.3 Å². The summed E-state index contributed by atoms with van der Waals surface area (Å²) in [6.45, 7) is 4.16. The van der Waals surface area contributed by atoms with Crippen molar-refractivity contribution in [2.75, 3.05) is 5.32 Å². The maximum atomic E-state index is 6.10. The van der Waals surface area contributed by atoms with E-state index in [1.807, 2.05) is 30.3 Å². The minimum absolute atomic E-state index is 0.245. The minimum atomic E-state index is 0.245. The van der Waals surface area contributed by atoms with Crippen LogP contribution in [0.1, 0.15) is 10.4 Å². The number of aryl methyl sites for hydroxylation is 2. The molecule has 6 heteroatoms. The zero-order valence-electron chi connectivity index (χ0n) is 12.6. The molecule has 0 radical (unpaired) electrons. The third-order valence-electron chi connectivity index (χ3n) is 3.89. The van der Waals surface area contributed by atoms with E-state index in [1.54, 1.807) is 17.5 Å². The number of rotatable bonds is 2. The Morgan fingerprint density at radius 3 is 2.78 bits per heavy atom. The number of halogens is 1. The van der Waals surface area contributed by atoms with E-state index in [4.69, 9.17) is 11.6 Å². The lowest BCUT2D eigenvalue weighted by atomic mass is 10.1. The van der Waals surface area contributed by atoms with Gasteiger partial charge in [0.2, 0.25) is 5.28 Å². The van der Waals surface area contributed by atoms with Gasteiger partial charge in [-0.25, -0.2) is 4.98 Å². The third-order valence-corrected chi connectivity index (χ3v) is 5.16. The van der Waals surface area contributed by atoms with E-state index in [0.717, 1.165) is 32.6 Å². The van der Waals surface area contributed by atoms with Gasteiger partial charge in [-0.05, 0) is 43.1 Å². The summed E-state index contributed by atoms with van der Waals surface area (Å²) in [5.74, 6) is 0.722. The molecular formula is C17H13ClN4S. The Hall–Kier alpha value is -2.24. The molecule has 0 fully saturated rings. The molecule has 0 amide bonds. The van der Waals surface area contributed by atoms with Gasteiger partial charge in [0.15, 0.2) is 0 Å². The van der Waals surface area contributed by atoms with Crippen LogP contribution in [-0.4, -0.2) is 15.0 Å². The number of nitrogens with zero attached hydrogens (tertiary/aromatic N) is 3. The van der Waals surface area contributed by atoms with Crippen LogP contribution in [0.4, 0.5) is 11.5 Å². The van der Waals surface area contributed by atoms with E-state index in [2.05, 4.69) is 34.1 Å². The lowest BCUT2D eigenvalue weighted by molar-refractivity contribution is 1.22. The number of fused-ring (bicyclic) bond motifs is 2. The van der Waals surface area contributed by atoms with Gasteiger partial charge in [0.05, 0.1) is 16.6 Å². The highest BCUT2D eigenvalue weighted by Gasteiger charge is 2.15. The number of nitrogens with one attached hydrogen (secondary N) is 1. The van der Waals surface area contributed by atoms with E-state index >= 15 is 0 Å². The number of thiophene rings is 1. The normalized spacial score (nSPS) is 11.3. The van der Waals surface area contributed by atoms with Crippen LogP contribution in [0.3, 0.4) is 0 Å². The fourth-order valence-corrected chi connectivity index (χ4v) is 3.89. The molecule has 0 unspecified atom stereocenters. The van der Waals surface area contributed by atoms with Crippen LogP contribution in [0, 0.1) is 13.8 Å². The number of benzene rings is 1. The van der Waals surface area contributed by atoms with Crippen LogP contribution in [0.2, 0.25) is 5.28 Å². The summed E-state index contributed by atoms with van der Waals surface area (Å²) in [6.07, 6.45) is 1.79. The Labute approximate surface area is 142 Å². The average Bonchev–Trinajstić information content (AvgIpc) is 2.82.